The minimum absolute atomic E-state index is 0.804. The molecule has 25 heavy (non-hydrogen) atoms. The third-order valence-electron chi connectivity index (χ3n) is 7.43. The molecule has 2 aliphatic rings. The molecule has 2 fully saturated rings. The Bertz CT molecular complexity index is 321. The number of unbranched alkanes of at least 4 members (excludes halogenated alkanes) is 6. The van der Waals surface area contributed by atoms with Gasteiger partial charge in [0, 0.05) is 0 Å². The lowest BCUT2D eigenvalue weighted by molar-refractivity contribution is 0.0456. The molecule has 0 N–H and O–H groups in total. The molecule has 2 aliphatic carbocycles. The molecule has 0 aromatic carbocycles. The topological polar surface area (TPSA) is 0 Å². The number of hydrogen-bond donors (Lipinski definition) is 0. The first-order valence-electron chi connectivity index (χ1n) is 11.9. The molecule has 0 unspecified atom stereocenters. The van der Waals surface area contributed by atoms with Crippen molar-refractivity contribution in [2.45, 2.75) is 135 Å². The van der Waals surface area contributed by atoms with Crippen LogP contribution in [0.3, 0.4) is 0 Å². The highest BCUT2D eigenvalue weighted by Gasteiger charge is 2.38. The van der Waals surface area contributed by atoms with Gasteiger partial charge in [-0.15, -0.1) is 0 Å². The molecule has 0 amide bonds. The number of alkyl halides is 1. The Balaban J connectivity index is 1.59. The van der Waals surface area contributed by atoms with E-state index in [1.165, 1.54) is 89.9 Å². The number of hydrogen-bond acceptors (Lipinski definition) is 0. The maximum Gasteiger partial charge on any atom is 0.111 e. The van der Waals surface area contributed by atoms with E-state index in [0.717, 1.165) is 43.4 Å². The standard InChI is InChI=1S/C24H45F/c1-3-5-7-8-9-11-21-12-14-22(15-13-21)23-16-19-24(25,20-17-23)18-10-6-4-2/h21-23H,3-20H2,1-2H3/t21?,22?,23-,24+. The summed E-state index contributed by atoms with van der Waals surface area (Å²) < 4.78 is 14.9. The maximum absolute atomic E-state index is 14.9. The van der Waals surface area contributed by atoms with Crippen LogP contribution in [0.4, 0.5) is 4.39 Å². The minimum atomic E-state index is -0.804. The second-order valence-electron chi connectivity index (χ2n) is 9.43. The molecule has 148 valence electrons. The fraction of sp³-hybridized carbons (Fsp3) is 1.00. The maximum atomic E-state index is 14.9. The van der Waals surface area contributed by atoms with E-state index < -0.39 is 5.67 Å². The first-order chi connectivity index (χ1) is 12.2. The molecule has 2 rings (SSSR count). The van der Waals surface area contributed by atoms with Crippen molar-refractivity contribution in [2.75, 3.05) is 0 Å². The Morgan fingerprint density at radius 1 is 0.680 bits per heavy atom. The van der Waals surface area contributed by atoms with Crippen molar-refractivity contribution in [1.82, 2.24) is 0 Å². The van der Waals surface area contributed by atoms with Crippen LogP contribution in [0.15, 0.2) is 0 Å². The normalized spacial score (nSPS) is 33.5. The van der Waals surface area contributed by atoms with Crippen LogP contribution in [0, 0.1) is 17.8 Å². The van der Waals surface area contributed by atoms with Crippen LogP contribution in [-0.4, -0.2) is 5.67 Å². The van der Waals surface area contributed by atoms with Crippen LogP contribution in [0.2, 0.25) is 0 Å². The van der Waals surface area contributed by atoms with Gasteiger partial charge < -0.3 is 0 Å². The van der Waals surface area contributed by atoms with Crippen LogP contribution in [0.25, 0.3) is 0 Å². The van der Waals surface area contributed by atoms with E-state index in [2.05, 4.69) is 13.8 Å². The fourth-order valence-corrected chi connectivity index (χ4v) is 5.56. The zero-order valence-corrected chi connectivity index (χ0v) is 17.3. The molecule has 0 nitrogen and oxygen atoms in total. The minimum Gasteiger partial charge on any atom is -0.244 e. The van der Waals surface area contributed by atoms with Gasteiger partial charge in [0.05, 0.1) is 0 Å². The van der Waals surface area contributed by atoms with E-state index >= 15 is 0 Å². The van der Waals surface area contributed by atoms with Gasteiger partial charge >= 0.3 is 0 Å². The average molecular weight is 353 g/mol. The first-order valence-corrected chi connectivity index (χ1v) is 11.9. The molecule has 0 aliphatic heterocycles. The molecule has 0 aromatic heterocycles. The van der Waals surface area contributed by atoms with E-state index in [1.54, 1.807) is 0 Å². The van der Waals surface area contributed by atoms with Crippen LogP contribution in [0.1, 0.15) is 129 Å². The van der Waals surface area contributed by atoms with Gasteiger partial charge in [0.15, 0.2) is 0 Å². The van der Waals surface area contributed by atoms with Gasteiger partial charge in [0.1, 0.15) is 5.67 Å². The highest BCUT2D eigenvalue weighted by molar-refractivity contribution is 4.89. The predicted octanol–water partition coefficient (Wildman–Crippen LogP) is 8.63. The summed E-state index contributed by atoms with van der Waals surface area (Å²) in [4.78, 5) is 0. The monoisotopic (exact) mass is 352 g/mol. The van der Waals surface area contributed by atoms with Crippen molar-refractivity contribution in [3.05, 3.63) is 0 Å². The molecule has 1 heteroatoms. The molecular weight excluding hydrogens is 307 g/mol. The summed E-state index contributed by atoms with van der Waals surface area (Å²) in [7, 11) is 0. The van der Waals surface area contributed by atoms with Crippen molar-refractivity contribution in [3.8, 4) is 0 Å². The van der Waals surface area contributed by atoms with Gasteiger partial charge in [-0.25, -0.2) is 4.39 Å². The summed E-state index contributed by atoms with van der Waals surface area (Å²) in [5.74, 6) is 2.79. The zero-order valence-electron chi connectivity index (χ0n) is 17.3. The molecular formula is C24H45F. The molecule has 0 heterocycles. The smallest absolute Gasteiger partial charge is 0.111 e. The van der Waals surface area contributed by atoms with Crippen LogP contribution in [-0.2, 0) is 0 Å². The van der Waals surface area contributed by atoms with Gasteiger partial charge in [-0.2, -0.15) is 0 Å². The van der Waals surface area contributed by atoms with Crippen molar-refractivity contribution in [2.24, 2.45) is 17.8 Å². The highest BCUT2D eigenvalue weighted by atomic mass is 19.1. The van der Waals surface area contributed by atoms with Gasteiger partial charge in [-0.3, -0.25) is 0 Å². The molecule has 0 bridgehead atoms. The van der Waals surface area contributed by atoms with Crippen LogP contribution >= 0.6 is 0 Å². The average Bonchev–Trinajstić information content (AvgIpc) is 2.63. The predicted molar refractivity (Wildman–Crippen MR) is 109 cm³/mol. The summed E-state index contributed by atoms with van der Waals surface area (Å²) in [6.45, 7) is 4.51. The lowest BCUT2D eigenvalue weighted by Crippen LogP contribution is -2.33. The highest BCUT2D eigenvalue weighted by Crippen LogP contribution is 2.45. The Kier molecular flexibility index (Phi) is 9.85. The Morgan fingerprint density at radius 2 is 1.24 bits per heavy atom. The van der Waals surface area contributed by atoms with Crippen molar-refractivity contribution < 1.29 is 4.39 Å². The molecule has 0 saturated heterocycles. The van der Waals surface area contributed by atoms with Crippen molar-refractivity contribution >= 4 is 0 Å². The zero-order chi connectivity index (χ0) is 18.0. The van der Waals surface area contributed by atoms with Gasteiger partial charge in [-0.1, -0.05) is 84.5 Å². The molecule has 0 aromatic rings. The van der Waals surface area contributed by atoms with E-state index in [9.17, 15) is 4.39 Å². The van der Waals surface area contributed by atoms with E-state index in [0.29, 0.717) is 0 Å². The van der Waals surface area contributed by atoms with Gasteiger partial charge in [0.25, 0.3) is 0 Å². The second kappa shape index (κ2) is 11.6. The largest absolute Gasteiger partial charge is 0.244 e. The summed E-state index contributed by atoms with van der Waals surface area (Å²) in [6, 6.07) is 0. The Hall–Kier alpha value is -0.0700. The summed E-state index contributed by atoms with van der Waals surface area (Å²) in [5.41, 5.74) is -0.804. The van der Waals surface area contributed by atoms with Crippen molar-refractivity contribution in [1.29, 1.82) is 0 Å². The lowest BCUT2D eigenvalue weighted by Gasteiger charge is -2.40. The van der Waals surface area contributed by atoms with E-state index in [1.807, 2.05) is 0 Å². The van der Waals surface area contributed by atoms with E-state index in [-0.39, 0.29) is 0 Å². The molecule has 0 radical (unpaired) electrons. The van der Waals surface area contributed by atoms with Gasteiger partial charge in [0.2, 0.25) is 0 Å². The summed E-state index contributed by atoms with van der Waals surface area (Å²) >= 11 is 0. The molecule has 2 saturated carbocycles. The first kappa shape index (κ1) is 21.2. The number of halogens is 1. The van der Waals surface area contributed by atoms with Crippen LogP contribution in [0.5, 0.6) is 0 Å². The SMILES string of the molecule is CCCCCCCC1CCC([C@H]2CC[C@](F)(CCCCC)CC2)CC1. The van der Waals surface area contributed by atoms with E-state index in [4.69, 9.17) is 0 Å². The van der Waals surface area contributed by atoms with Gasteiger partial charge in [-0.05, 0) is 62.7 Å². The summed E-state index contributed by atoms with van der Waals surface area (Å²) in [6.07, 6.45) is 22.8. The Labute approximate surface area is 157 Å². The molecule has 0 atom stereocenters. The number of rotatable bonds is 11. The molecule has 0 spiro atoms. The summed E-state index contributed by atoms with van der Waals surface area (Å²) in [5, 5.41) is 0. The lowest BCUT2D eigenvalue weighted by atomic mass is 9.67. The van der Waals surface area contributed by atoms with Crippen molar-refractivity contribution in [3.63, 3.8) is 0 Å². The quantitative estimate of drug-likeness (QED) is 0.326. The third-order valence-corrected chi connectivity index (χ3v) is 7.43. The fourth-order valence-electron chi connectivity index (χ4n) is 5.56. The second-order valence-corrected chi connectivity index (χ2v) is 9.43. The third kappa shape index (κ3) is 7.59. The van der Waals surface area contributed by atoms with Crippen LogP contribution < -0.4 is 0 Å². The Morgan fingerprint density at radius 3 is 1.88 bits per heavy atom.